The van der Waals surface area contributed by atoms with Gasteiger partial charge in [-0.05, 0) is 32.6 Å². The number of nitrogens with one attached hydrogen (secondary N) is 1. The van der Waals surface area contributed by atoms with Crippen LogP contribution in [0.2, 0.25) is 0 Å². The van der Waals surface area contributed by atoms with Gasteiger partial charge >= 0.3 is 0 Å². The van der Waals surface area contributed by atoms with Crippen LogP contribution in [0.4, 0.5) is 0 Å². The summed E-state index contributed by atoms with van der Waals surface area (Å²) in [6, 6.07) is 0. The average Bonchev–Trinajstić information content (AvgIpc) is 2.74. The van der Waals surface area contributed by atoms with Gasteiger partial charge < -0.3 is 15.6 Å². The van der Waals surface area contributed by atoms with Gasteiger partial charge in [-0.2, -0.15) is 4.98 Å². The molecule has 6 nitrogen and oxygen atoms in total. The minimum Gasteiger partial charge on any atom is -0.350 e. The monoisotopic (exact) mass is 318 g/mol. The van der Waals surface area contributed by atoms with Gasteiger partial charge in [-0.25, -0.2) is 0 Å². The largest absolute Gasteiger partial charge is 0.350 e. The van der Waals surface area contributed by atoms with E-state index in [2.05, 4.69) is 29.3 Å². The number of nitrogens with zero attached hydrogens (tertiary/aromatic N) is 2. The molecule has 1 unspecified atom stereocenters. The lowest BCUT2D eigenvalue weighted by Crippen LogP contribution is -2.52. The first-order chi connectivity index (χ1) is 9.34. The molecule has 0 bridgehead atoms. The van der Waals surface area contributed by atoms with Crippen molar-refractivity contribution in [2.75, 3.05) is 6.54 Å². The molecular weight excluding hydrogens is 292 g/mol. The number of amides is 1. The molecule has 1 aromatic heterocycles. The van der Waals surface area contributed by atoms with Crippen molar-refractivity contribution in [2.24, 2.45) is 11.7 Å². The van der Waals surface area contributed by atoms with Crippen LogP contribution in [0.15, 0.2) is 4.52 Å². The fourth-order valence-electron chi connectivity index (χ4n) is 2.33. The highest BCUT2D eigenvalue weighted by Crippen LogP contribution is 2.15. The molecule has 0 aliphatic heterocycles. The van der Waals surface area contributed by atoms with E-state index in [-0.39, 0.29) is 23.9 Å². The molecule has 7 heteroatoms. The molecule has 122 valence electrons. The molecule has 0 radical (unpaired) electrons. The Bertz CT molecular complexity index is 436. The van der Waals surface area contributed by atoms with Gasteiger partial charge in [0.25, 0.3) is 0 Å². The Hall–Kier alpha value is -1.14. The van der Waals surface area contributed by atoms with Crippen LogP contribution in [0.1, 0.15) is 51.7 Å². The van der Waals surface area contributed by atoms with Gasteiger partial charge in [0.15, 0.2) is 5.82 Å². The normalized spacial score (nSPS) is 13.6. The van der Waals surface area contributed by atoms with E-state index in [1.54, 1.807) is 6.92 Å². The number of nitrogens with two attached hydrogens (primary N) is 1. The van der Waals surface area contributed by atoms with Crippen LogP contribution in [0, 0.1) is 12.8 Å². The molecule has 1 atom stereocenters. The summed E-state index contributed by atoms with van der Waals surface area (Å²) in [7, 11) is 0. The Kier molecular flexibility index (Phi) is 8.51. The molecule has 3 N–H and O–H groups in total. The second kappa shape index (κ2) is 9.00. The molecule has 0 aliphatic rings. The quantitative estimate of drug-likeness (QED) is 0.764. The fraction of sp³-hybridized carbons (Fsp3) is 0.786. The zero-order valence-corrected chi connectivity index (χ0v) is 14.1. The lowest BCUT2D eigenvalue weighted by Gasteiger charge is -2.31. The molecule has 21 heavy (non-hydrogen) atoms. The van der Waals surface area contributed by atoms with E-state index < -0.39 is 0 Å². The molecule has 1 rings (SSSR count). The maximum absolute atomic E-state index is 12.0. The fourth-order valence-corrected chi connectivity index (χ4v) is 2.33. The molecule has 1 aromatic rings. The van der Waals surface area contributed by atoms with Crippen molar-refractivity contribution in [1.82, 2.24) is 15.5 Å². The number of rotatable bonds is 8. The van der Waals surface area contributed by atoms with Crippen LogP contribution in [0.3, 0.4) is 0 Å². The highest BCUT2D eigenvalue weighted by molar-refractivity contribution is 5.85. The molecule has 0 saturated heterocycles. The van der Waals surface area contributed by atoms with Gasteiger partial charge in [0, 0.05) is 24.9 Å². The Morgan fingerprint density at radius 1 is 1.48 bits per heavy atom. The zero-order chi connectivity index (χ0) is 15.2. The summed E-state index contributed by atoms with van der Waals surface area (Å²) in [6.45, 7) is 8.46. The summed E-state index contributed by atoms with van der Waals surface area (Å²) >= 11 is 0. The standard InChI is InChI=1S/C14H26N4O2.ClH/c1-10(2)8-14(4,9-15)17-12(19)6-5-7-13-16-11(3)18-20-13;/h10H,5-9,15H2,1-4H3,(H,17,19);1H. The van der Waals surface area contributed by atoms with Gasteiger partial charge in [0.05, 0.1) is 0 Å². The van der Waals surface area contributed by atoms with Gasteiger partial charge in [-0.3, -0.25) is 4.79 Å². The summed E-state index contributed by atoms with van der Waals surface area (Å²) in [4.78, 5) is 16.1. The first-order valence-electron chi connectivity index (χ1n) is 7.15. The first-order valence-corrected chi connectivity index (χ1v) is 7.15. The highest BCUT2D eigenvalue weighted by atomic mass is 35.5. The molecule has 0 spiro atoms. The van der Waals surface area contributed by atoms with E-state index in [9.17, 15) is 4.79 Å². The van der Waals surface area contributed by atoms with Crippen LogP contribution >= 0.6 is 12.4 Å². The van der Waals surface area contributed by atoms with Gasteiger partial charge in [-0.15, -0.1) is 12.4 Å². The number of hydrogen-bond donors (Lipinski definition) is 2. The number of hydrogen-bond acceptors (Lipinski definition) is 5. The van der Waals surface area contributed by atoms with Gasteiger partial charge in [0.2, 0.25) is 11.8 Å². The van der Waals surface area contributed by atoms with Crippen molar-refractivity contribution in [3.05, 3.63) is 11.7 Å². The summed E-state index contributed by atoms with van der Waals surface area (Å²) < 4.78 is 5.01. The number of aromatic nitrogens is 2. The SMILES string of the molecule is Cc1noc(CCCC(=O)NC(C)(CN)CC(C)C)n1.Cl. The summed E-state index contributed by atoms with van der Waals surface area (Å²) in [6.07, 6.45) is 2.63. The van der Waals surface area contributed by atoms with Crippen LogP contribution in [0.5, 0.6) is 0 Å². The molecule has 1 heterocycles. The van der Waals surface area contributed by atoms with E-state index in [0.29, 0.717) is 43.4 Å². The van der Waals surface area contributed by atoms with E-state index in [1.807, 2.05) is 6.92 Å². The minimum atomic E-state index is -0.327. The molecule has 1 amide bonds. The summed E-state index contributed by atoms with van der Waals surface area (Å²) in [5, 5.41) is 6.75. The molecular formula is C14H27ClN4O2. The second-order valence-electron chi connectivity index (χ2n) is 6.00. The van der Waals surface area contributed by atoms with Gasteiger partial charge in [-0.1, -0.05) is 19.0 Å². The third-order valence-corrected chi connectivity index (χ3v) is 3.11. The Balaban J connectivity index is 0.00000400. The lowest BCUT2D eigenvalue weighted by atomic mass is 9.90. The van der Waals surface area contributed by atoms with Crippen molar-refractivity contribution in [3.8, 4) is 0 Å². The van der Waals surface area contributed by atoms with E-state index >= 15 is 0 Å². The Labute approximate surface area is 132 Å². The van der Waals surface area contributed by atoms with Crippen LogP contribution in [-0.2, 0) is 11.2 Å². The molecule has 0 fully saturated rings. The third kappa shape index (κ3) is 7.43. The number of aryl methyl sites for hydroxylation is 2. The third-order valence-electron chi connectivity index (χ3n) is 3.11. The maximum atomic E-state index is 12.0. The molecule has 0 aliphatic carbocycles. The first kappa shape index (κ1) is 19.9. The van der Waals surface area contributed by atoms with E-state index in [0.717, 1.165) is 6.42 Å². The van der Waals surface area contributed by atoms with Crippen molar-refractivity contribution in [1.29, 1.82) is 0 Å². The number of halogens is 1. The highest BCUT2D eigenvalue weighted by Gasteiger charge is 2.25. The topological polar surface area (TPSA) is 94.0 Å². The van der Waals surface area contributed by atoms with Crippen molar-refractivity contribution in [3.63, 3.8) is 0 Å². The smallest absolute Gasteiger partial charge is 0.226 e. The number of carbonyl (C=O) groups is 1. The second-order valence-corrected chi connectivity index (χ2v) is 6.00. The lowest BCUT2D eigenvalue weighted by molar-refractivity contribution is -0.123. The van der Waals surface area contributed by atoms with E-state index in [4.69, 9.17) is 10.3 Å². The van der Waals surface area contributed by atoms with Crippen molar-refractivity contribution in [2.45, 2.75) is 58.9 Å². The van der Waals surface area contributed by atoms with E-state index in [1.165, 1.54) is 0 Å². The zero-order valence-electron chi connectivity index (χ0n) is 13.3. The average molecular weight is 319 g/mol. The Morgan fingerprint density at radius 3 is 2.62 bits per heavy atom. The van der Waals surface area contributed by atoms with Crippen LogP contribution < -0.4 is 11.1 Å². The molecule has 0 saturated carbocycles. The van der Waals surface area contributed by atoms with Gasteiger partial charge in [0.1, 0.15) is 0 Å². The van der Waals surface area contributed by atoms with Crippen LogP contribution in [0.25, 0.3) is 0 Å². The van der Waals surface area contributed by atoms with Crippen molar-refractivity contribution >= 4 is 18.3 Å². The molecule has 0 aromatic carbocycles. The predicted molar refractivity (Wildman–Crippen MR) is 84.3 cm³/mol. The Morgan fingerprint density at radius 2 is 2.14 bits per heavy atom. The van der Waals surface area contributed by atoms with Crippen LogP contribution in [-0.4, -0.2) is 28.1 Å². The minimum absolute atomic E-state index is 0. The van der Waals surface area contributed by atoms with Crippen molar-refractivity contribution < 1.29 is 9.32 Å². The summed E-state index contributed by atoms with van der Waals surface area (Å²) in [5.74, 6) is 1.72. The predicted octanol–water partition coefficient (Wildman–Crippen LogP) is 2.00. The summed E-state index contributed by atoms with van der Waals surface area (Å²) in [5.41, 5.74) is 5.45. The number of carbonyl (C=O) groups excluding carboxylic acids is 1. The maximum Gasteiger partial charge on any atom is 0.226 e.